The molecule has 3 aliphatic rings. The molecule has 3 fully saturated rings. The lowest BCUT2D eigenvalue weighted by molar-refractivity contribution is -0.135. The summed E-state index contributed by atoms with van der Waals surface area (Å²) in [6.45, 7) is 16.6. The average molecular weight is 364 g/mol. The van der Waals surface area contributed by atoms with Crippen LogP contribution in [0.4, 0.5) is 0 Å². The molecule has 3 aliphatic heterocycles. The number of hydrogen-bond acceptors (Lipinski definition) is 3. The van der Waals surface area contributed by atoms with Gasteiger partial charge in [0.1, 0.15) is 0 Å². The van der Waals surface area contributed by atoms with Crippen LogP contribution in [0.25, 0.3) is 0 Å². The minimum atomic E-state index is 0.377. The van der Waals surface area contributed by atoms with Gasteiger partial charge < -0.3 is 9.80 Å². The van der Waals surface area contributed by atoms with E-state index in [1.807, 2.05) is 0 Å². The molecule has 0 aromatic heterocycles. The molecule has 0 bridgehead atoms. The third kappa shape index (κ3) is 4.81. The zero-order valence-corrected chi connectivity index (χ0v) is 17.7. The number of likely N-dealkylation sites (tertiary alicyclic amines) is 3. The monoisotopic (exact) mass is 363 g/mol. The molecule has 3 saturated heterocycles. The molecule has 150 valence electrons. The van der Waals surface area contributed by atoms with Crippen LogP contribution in [-0.2, 0) is 4.79 Å². The van der Waals surface area contributed by atoms with E-state index in [4.69, 9.17) is 0 Å². The lowest BCUT2D eigenvalue weighted by Crippen LogP contribution is -2.51. The summed E-state index contributed by atoms with van der Waals surface area (Å²) in [5, 5.41) is 0. The van der Waals surface area contributed by atoms with E-state index in [2.05, 4.69) is 42.4 Å². The SMILES string of the molecule is CC(C)C1CCN(CC(=O)N2CCC3(CC2)CCN(C(C)C)CC3)CC1. The van der Waals surface area contributed by atoms with Gasteiger partial charge >= 0.3 is 0 Å². The summed E-state index contributed by atoms with van der Waals surface area (Å²) in [6, 6.07) is 0.675. The van der Waals surface area contributed by atoms with Crippen molar-refractivity contribution in [3.8, 4) is 0 Å². The Morgan fingerprint density at radius 3 is 1.92 bits per heavy atom. The molecule has 4 nitrogen and oxygen atoms in total. The summed E-state index contributed by atoms with van der Waals surface area (Å²) in [5.41, 5.74) is 0.526. The fraction of sp³-hybridized carbons (Fsp3) is 0.955. The van der Waals surface area contributed by atoms with Crippen molar-refractivity contribution in [3.05, 3.63) is 0 Å². The standard InChI is InChI=1S/C22H41N3O/c1-18(2)20-5-11-23(12-6-20)17-21(26)25-15-9-22(10-16-25)7-13-24(14-8-22)19(3)4/h18-20H,5-17H2,1-4H3. The number of rotatable bonds is 4. The quantitative estimate of drug-likeness (QED) is 0.765. The highest BCUT2D eigenvalue weighted by atomic mass is 16.2. The molecule has 3 rings (SSSR count). The second-order valence-electron chi connectivity index (χ2n) is 9.87. The van der Waals surface area contributed by atoms with Gasteiger partial charge in [-0.25, -0.2) is 0 Å². The van der Waals surface area contributed by atoms with Gasteiger partial charge in [0.05, 0.1) is 6.54 Å². The molecule has 0 saturated carbocycles. The summed E-state index contributed by atoms with van der Waals surface area (Å²) < 4.78 is 0. The third-order valence-electron chi connectivity index (χ3n) is 7.70. The fourth-order valence-electron chi connectivity index (χ4n) is 5.31. The number of hydrogen-bond donors (Lipinski definition) is 0. The van der Waals surface area contributed by atoms with E-state index < -0.39 is 0 Å². The van der Waals surface area contributed by atoms with Crippen LogP contribution < -0.4 is 0 Å². The molecular weight excluding hydrogens is 322 g/mol. The van der Waals surface area contributed by atoms with Gasteiger partial charge in [0.15, 0.2) is 0 Å². The number of carbonyl (C=O) groups excluding carboxylic acids is 1. The first-order valence-corrected chi connectivity index (χ1v) is 11.1. The van der Waals surface area contributed by atoms with Crippen LogP contribution in [0.3, 0.4) is 0 Å². The summed E-state index contributed by atoms with van der Waals surface area (Å²) >= 11 is 0. The Balaban J connectivity index is 1.40. The minimum Gasteiger partial charge on any atom is -0.342 e. The Hall–Kier alpha value is -0.610. The van der Waals surface area contributed by atoms with Gasteiger partial charge in [-0.05, 0) is 95.8 Å². The van der Waals surface area contributed by atoms with Crippen LogP contribution in [0.5, 0.6) is 0 Å². The van der Waals surface area contributed by atoms with Crippen LogP contribution in [0, 0.1) is 17.3 Å². The number of piperidine rings is 3. The average Bonchev–Trinajstić information content (AvgIpc) is 2.63. The van der Waals surface area contributed by atoms with Crippen molar-refractivity contribution in [2.24, 2.45) is 17.3 Å². The van der Waals surface area contributed by atoms with E-state index in [9.17, 15) is 4.79 Å². The fourth-order valence-corrected chi connectivity index (χ4v) is 5.31. The Bertz CT molecular complexity index is 450. The summed E-state index contributed by atoms with van der Waals surface area (Å²) in [4.78, 5) is 19.9. The van der Waals surface area contributed by atoms with E-state index in [1.54, 1.807) is 0 Å². The molecule has 1 spiro atoms. The molecule has 1 amide bonds. The van der Waals surface area contributed by atoms with Crippen LogP contribution in [0.15, 0.2) is 0 Å². The normalized spacial score (nSPS) is 26.2. The van der Waals surface area contributed by atoms with Gasteiger partial charge in [0, 0.05) is 19.1 Å². The smallest absolute Gasteiger partial charge is 0.236 e. The van der Waals surface area contributed by atoms with Crippen molar-refractivity contribution in [3.63, 3.8) is 0 Å². The molecule has 0 radical (unpaired) electrons. The van der Waals surface area contributed by atoms with E-state index in [-0.39, 0.29) is 0 Å². The minimum absolute atomic E-state index is 0.377. The largest absolute Gasteiger partial charge is 0.342 e. The third-order valence-corrected chi connectivity index (χ3v) is 7.70. The molecule has 0 aliphatic carbocycles. The van der Waals surface area contributed by atoms with Crippen LogP contribution in [-0.4, -0.2) is 72.5 Å². The summed E-state index contributed by atoms with van der Waals surface area (Å²) in [7, 11) is 0. The predicted molar refractivity (Wildman–Crippen MR) is 108 cm³/mol. The van der Waals surface area contributed by atoms with Gasteiger partial charge in [-0.3, -0.25) is 9.69 Å². The van der Waals surface area contributed by atoms with E-state index >= 15 is 0 Å². The van der Waals surface area contributed by atoms with E-state index in [0.29, 0.717) is 23.9 Å². The highest BCUT2D eigenvalue weighted by Gasteiger charge is 2.39. The lowest BCUT2D eigenvalue weighted by atomic mass is 9.71. The van der Waals surface area contributed by atoms with Crippen molar-refractivity contribution >= 4 is 5.91 Å². The number of nitrogens with zero attached hydrogens (tertiary/aromatic N) is 3. The predicted octanol–water partition coefficient (Wildman–Crippen LogP) is 3.47. The highest BCUT2D eigenvalue weighted by molar-refractivity contribution is 5.78. The maximum atomic E-state index is 12.8. The maximum Gasteiger partial charge on any atom is 0.236 e. The first-order chi connectivity index (χ1) is 12.4. The highest BCUT2D eigenvalue weighted by Crippen LogP contribution is 2.41. The maximum absolute atomic E-state index is 12.8. The van der Waals surface area contributed by atoms with E-state index in [1.165, 1.54) is 51.6 Å². The Kier molecular flexibility index (Phi) is 6.66. The van der Waals surface area contributed by atoms with Crippen LogP contribution >= 0.6 is 0 Å². The topological polar surface area (TPSA) is 26.8 Å². The first-order valence-electron chi connectivity index (χ1n) is 11.1. The van der Waals surface area contributed by atoms with Crippen LogP contribution in [0.2, 0.25) is 0 Å². The lowest BCUT2D eigenvalue weighted by Gasteiger charge is -2.48. The second-order valence-corrected chi connectivity index (χ2v) is 9.87. The summed E-state index contributed by atoms with van der Waals surface area (Å²) in [5.74, 6) is 2.02. The molecule has 0 unspecified atom stereocenters. The Labute approximate surface area is 161 Å². The van der Waals surface area contributed by atoms with Crippen LogP contribution in [0.1, 0.15) is 66.2 Å². The van der Waals surface area contributed by atoms with Gasteiger partial charge in [-0.2, -0.15) is 0 Å². The molecular formula is C22H41N3O. The number of amides is 1. The molecule has 0 atom stereocenters. The van der Waals surface area contributed by atoms with Gasteiger partial charge in [0.2, 0.25) is 5.91 Å². The van der Waals surface area contributed by atoms with Crippen molar-refractivity contribution in [1.82, 2.24) is 14.7 Å². The molecule has 0 aromatic carbocycles. The van der Waals surface area contributed by atoms with Gasteiger partial charge in [-0.15, -0.1) is 0 Å². The number of carbonyl (C=O) groups is 1. The summed E-state index contributed by atoms with van der Waals surface area (Å²) in [6.07, 6.45) is 7.63. The van der Waals surface area contributed by atoms with E-state index in [0.717, 1.165) is 38.0 Å². The van der Waals surface area contributed by atoms with Crippen molar-refractivity contribution in [1.29, 1.82) is 0 Å². The zero-order chi connectivity index (χ0) is 18.7. The zero-order valence-electron chi connectivity index (χ0n) is 17.7. The Morgan fingerprint density at radius 1 is 0.885 bits per heavy atom. The molecule has 4 heteroatoms. The van der Waals surface area contributed by atoms with Crippen molar-refractivity contribution < 1.29 is 4.79 Å². The first kappa shape index (κ1) is 20.1. The Morgan fingerprint density at radius 2 is 1.42 bits per heavy atom. The molecule has 26 heavy (non-hydrogen) atoms. The van der Waals surface area contributed by atoms with Crippen molar-refractivity contribution in [2.75, 3.05) is 45.8 Å². The van der Waals surface area contributed by atoms with Gasteiger partial charge in [-0.1, -0.05) is 13.8 Å². The second kappa shape index (κ2) is 8.60. The van der Waals surface area contributed by atoms with Crippen molar-refractivity contribution in [2.45, 2.75) is 72.3 Å². The molecule has 0 aromatic rings. The molecule has 0 N–H and O–H groups in total. The van der Waals surface area contributed by atoms with Gasteiger partial charge in [0.25, 0.3) is 0 Å². The molecule has 3 heterocycles.